The summed E-state index contributed by atoms with van der Waals surface area (Å²) in [5, 5.41) is 4.20. The van der Waals surface area contributed by atoms with Crippen molar-refractivity contribution in [2.24, 2.45) is 5.92 Å². The zero-order valence-corrected chi connectivity index (χ0v) is 14.9. The predicted octanol–water partition coefficient (Wildman–Crippen LogP) is 2.08. The average Bonchev–Trinajstić information content (AvgIpc) is 3.21. The molecular formula is C20H20N6O. The maximum atomic E-state index is 13.0. The lowest BCUT2D eigenvalue weighted by Gasteiger charge is -2.42. The highest BCUT2D eigenvalue weighted by atomic mass is 16.2. The van der Waals surface area contributed by atoms with Crippen LogP contribution < -0.4 is 9.80 Å². The van der Waals surface area contributed by atoms with Gasteiger partial charge in [-0.1, -0.05) is 18.2 Å². The van der Waals surface area contributed by atoms with Gasteiger partial charge in [-0.05, 0) is 30.5 Å². The Balaban J connectivity index is 1.29. The molecule has 1 saturated heterocycles. The second kappa shape index (κ2) is 6.50. The summed E-state index contributed by atoms with van der Waals surface area (Å²) in [4.78, 5) is 25.7. The summed E-state index contributed by atoms with van der Waals surface area (Å²) in [6, 6.07) is 12.0. The second-order valence-electron chi connectivity index (χ2n) is 7.01. The Labute approximate surface area is 157 Å². The first kappa shape index (κ1) is 16.0. The molecule has 4 heterocycles. The van der Waals surface area contributed by atoms with Crippen molar-refractivity contribution in [3.63, 3.8) is 0 Å². The minimum atomic E-state index is 0.0132. The third-order valence-corrected chi connectivity index (χ3v) is 5.31. The summed E-state index contributed by atoms with van der Waals surface area (Å²) < 4.78 is 1.71. The highest BCUT2D eigenvalue weighted by Crippen LogP contribution is 2.31. The van der Waals surface area contributed by atoms with Crippen molar-refractivity contribution in [3.05, 3.63) is 60.7 Å². The van der Waals surface area contributed by atoms with Gasteiger partial charge in [0.25, 0.3) is 0 Å². The number of hydrogen-bond acceptors (Lipinski definition) is 5. The highest BCUT2D eigenvalue weighted by molar-refractivity contribution is 5.97. The molecule has 5 rings (SSSR count). The van der Waals surface area contributed by atoms with E-state index in [1.165, 1.54) is 5.56 Å². The molecule has 136 valence electrons. The summed E-state index contributed by atoms with van der Waals surface area (Å²) in [6.45, 7) is 2.18. The van der Waals surface area contributed by atoms with Gasteiger partial charge < -0.3 is 9.80 Å². The number of fused-ring (bicyclic) bond motifs is 1. The predicted molar refractivity (Wildman–Crippen MR) is 102 cm³/mol. The van der Waals surface area contributed by atoms with Crippen LogP contribution in [0.15, 0.2) is 55.1 Å². The third-order valence-electron chi connectivity index (χ3n) is 5.31. The number of benzene rings is 1. The third kappa shape index (κ3) is 2.85. The molecule has 0 N–H and O–H groups in total. The van der Waals surface area contributed by atoms with Crippen LogP contribution in [0.5, 0.6) is 0 Å². The van der Waals surface area contributed by atoms with Gasteiger partial charge in [0.15, 0.2) is 5.82 Å². The SMILES string of the molecule is O=C(C1CN(c2cc(-n3cccn3)ncn2)C1)N1CCCc2ccccc21. The van der Waals surface area contributed by atoms with E-state index in [4.69, 9.17) is 0 Å². The average molecular weight is 360 g/mol. The van der Waals surface area contributed by atoms with E-state index >= 15 is 0 Å². The fourth-order valence-electron chi connectivity index (χ4n) is 3.84. The molecular weight excluding hydrogens is 340 g/mol. The molecule has 2 aliphatic rings. The number of carbonyl (C=O) groups is 1. The van der Waals surface area contributed by atoms with Crippen LogP contribution in [-0.4, -0.2) is 45.3 Å². The van der Waals surface area contributed by atoms with Gasteiger partial charge in [-0.3, -0.25) is 4.79 Å². The maximum Gasteiger partial charge on any atom is 0.233 e. The molecule has 3 aromatic rings. The van der Waals surface area contributed by atoms with Crippen molar-refractivity contribution < 1.29 is 4.79 Å². The summed E-state index contributed by atoms with van der Waals surface area (Å²) in [7, 11) is 0. The quantitative estimate of drug-likeness (QED) is 0.715. The first-order valence-corrected chi connectivity index (χ1v) is 9.26. The van der Waals surface area contributed by atoms with Crippen molar-refractivity contribution in [1.82, 2.24) is 19.7 Å². The molecule has 7 heteroatoms. The lowest BCUT2D eigenvalue weighted by Crippen LogP contribution is -2.55. The molecule has 1 aromatic carbocycles. The van der Waals surface area contributed by atoms with Gasteiger partial charge in [0, 0.05) is 43.8 Å². The lowest BCUT2D eigenvalue weighted by atomic mass is 9.95. The van der Waals surface area contributed by atoms with Crippen LogP contribution in [0.2, 0.25) is 0 Å². The molecule has 1 amide bonds. The van der Waals surface area contributed by atoms with Gasteiger partial charge in [-0.25, -0.2) is 14.6 Å². The van der Waals surface area contributed by atoms with Crippen molar-refractivity contribution >= 4 is 17.4 Å². The zero-order chi connectivity index (χ0) is 18.2. The number of para-hydroxylation sites is 1. The van der Waals surface area contributed by atoms with Crippen LogP contribution >= 0.6 is 0 Å². The Morgan fingerprint density at radius 2 is 1.93 bits per heavy atom. The number of nitrogens with zero attached hydrogens (tertiary/aromatic N) is 6. The number of carbonyl (C=O) groups excluding carboxylic acids is 1. The molecule has 0 unspecified atom stereocenters. The molecule has 2 aromatic heterocycles. The van der Waals surface area contributed by atoms with E-state index in [-0.39, 0.29) is 11.8 Å². The van der Waals surface area contributed by atoms with E-state index in [9.17, 15) is 4.79 Å². The molecule has 0 bridgehead atoms. The molecule has 0 aliphatic carbocycles. The Morgan fingerprint density at radius 1 is 1.07 bits per heavy atom. The minimum absolute atomic E-state index is 0.0132. The number of aryl methyl sites for hydroxylation is 1. The topological polar surface area (TPSA) is 67.2 Å². The zero-order valence-electron chi connectivity index (χ0n) is 14.9. The van der Waals surface area contributed by atoms with Crippen LogP contribution in [0, 0.1) is 5.92 Å². The van der Waals surface area contributed by atoms with Gasteiger partial charge in [0.05, 0.1) is 5.92 Å². The fraction of sp³-hybridized carbons (Fsp3) is 0.300. The monoisotopic (exact) mass is 360 g/mol. The molecule has 0 saturated carbocycles. The molecule has 0 spiro atoms. The standard InChI is InChI=1S/C20H20N6O/c27-20(25-9-3-6-15-5-1-2-7-17(15)25)16-12-24(13-16)18-11-19(22-14-21-18)26-10-4-8-23-26/h1-2,4-5,7-8,10-11,14,16H,3,6,9,12-13H2. The molecule has 1 fully saturated rings. The normalized spacial score (nSPS) is 16.7. The minimum Gasteiger partial charge on any atom is -0.355 e. The molecule has 7 nitrogen and oxygen atoms in total. The van der Waals surface area contributed by atoms with Gasteiger partial charge in [0.2, 0.25) is 5.91 Å². The van der Waals surface area contributed by atoms with Gasteiger partial charge in [-0.2, -0.15) is 5.10 Å². The Kier molecular flexibility index (Phi) is 3.85. The van der Waals surface area contributed by atoms with Gasteiger partial charge in [-0.15, -0.1) is 0 Å². The van der Waals surface area contributed by atoms with Crippen LogP contribution in [0.3, 0.4) is 0 Å². The van der Waals surface area contributed by atoms with Crippen LogP contribution in [-0.2, 0) is 11.2 Å². The van der Waals surface area contributed by atoms with Crippen LogP contribution in [0.1, 0.15) is 12.0 Å². The lowest BCUT2D eigenvalue weighted by molar-refractivity contribution is -0.123. The van der Waals surface area contributed by atoms with Crippen molar-refractivity contribution in [1.29, 1.82) is 0 Å². The van der Waals surface area contributed by atoms with E-state index in [1.807, 2.05) is 35.4 Å². The first-order valence-electron chi connectivity index (χ1n) is 9.26. The van der Waals surface area contributed by atoms with E-state index in [2.05, 4.69) is 32.1 Å². The smallest absolute Gasteiger partial charge is 0.233 e. The number of rotatable bonds is 3. The number of anilines is 2. The molecule has 0 atom stereocenters. The summed E-state index contributed by atoms with van der Waals surface area (Å²) in [5.74, 6) is 1.79. The van der Waals surface area contributed by atoms with E-state index in [0.717, 1.165) is 36.7 Å². The van der Waals surface area contributed by atoms with Gasteiger partial charge >= 0.3 is 0 Å². The van der Waals surface area contributed by atoms with Crippen LogP contribution in [0.4, 0.5) is 11.5 Å². The second-order valence-corrected chi connectivity index (χ2v) is 7.01. The first-order chi connectivity index (χ1) is 13.3. The Hall–Kier alpha value is -3.22. The summed E-state index contributed by atoms with van der Waals surface area (Å²) in [6.07, 6.45) is 7.19. The van der Waals surface area contributed by atoms with Crippen molar-refractivity contribution in [3.8, 4) is 5.82 Å². The molecule has 0 radical (unpaired) electrons. The van der Waals surface area contributed by atoms with Crippen molar-refractivity contribution in [2.75, 3.05) is 29.4 Å². The largest absolute Gasteiger partial charge is 0.355 e. The molecule has 2 aliphatic heterocycles. The van der Waals surface area contributed by atoms with Gasteiger partial charge in [0.1, 0.15) is 12.1 Å². The van der Waals surface area contributed by atoms with E-state index < -0.39 is 0 Å². The summed E-state index contributed by atoms with van der Waals surface area (Å²) >= 11 is 0. The fourth-order valence-corrected chi connectivity index (χ4v) is 3.84. The maximum absolute atomic E-state index is 13.0. The van der Waals surface area contributed by atoms with Crippen molar-refractivity contribution in [2.45, 2.75) is 12.8 Å². The van der Waals surface area contributed by atoms with Crippen LogP contribution in [0.25, 0.3) is 5.82 Å². The molecule has 27 heavy (non-hydrogen) atoms. The summed E-state index contributed by atoms with van der Waals surface area (Å²) in [5.41, 5.74) is 2.35. The highest BCUT2D eigenvalue weighted by Gasteiger charge is 2.37. The van der Waals surface area contributed by atoms with E-state index in [0.29, 0.717) is 13.1 Å². The number of amides is 1. The number of aromatic nitrogens is 4. The Bertz CT molecular complexity index is 964. The van der Waals surface area contributed by atoms with E-state index in [1.54, 1.807) is 17.2 Å². The number of hydrogen-bond donors (Lipinski definition) is 0. The Morgan fingerprint density at radius 3 is 2.78 bits per heavy atom.